The monoisotopic (exact) mass is 272 g/mol. The van der Waals surface area contributed by atoms with E-state index in [1.54, 1.807) is 12.3 Å². The number of carbonyl (C=O) groups is 1. The molecule has 0 aliphatic rings. The van der Waals surface area contributed by atoms with Crippen LogP contribution in [-0.2, 0) is 17.8 Å². The predicted octanol–water partition coefficient (Wildman–Crippen LogP) is 1.60. The van der Waals surface area contributed by atoms with Crippen LogP contribution >= 0.6 is 0 Å². The molecule has 1 aromatic heterocycles. The number of anilines is 1. The molecule has 106 valence electrons. The highest BCUT2D eigenvalue weighted by Gasteiger charge is 2.08. The van der Waals surface area contributed by atoms with Gasteiger partial charge in [-0.15, -0.1) is 0 Å². The Labute approximate surface area is 118 Å². The van der Waals surface area contributed by atoms with Crippen molar-refractivity contribution in [3.8, 4) is 0 Å². The van der Waals surface area contributed by atoms with Gasteiger partial charge in [0.15, 0.2) is 0 Å². The van der Waals surface area contributed by atoms with Crippen LogP contribution in [-0.4, -0.2) is 21.7 Å². The average Bonchev–Trinajstić information content (AvgIpc) is 2.83. The van der Waals surface area contributed by atoms with Crippen molar-refractivity contribution in [2.75, 3.05) is 5.73 Å². The van der Waals surface area contributed by atoms with Crippen LogP contribution < -0.4 is 11.1 Å². The number of rotatable bonds is 6. The van der Waals surface area contributed by atoms with Gasteiger partial charge in [0.05, 0.1) is 0 Å². The molecule has 1 aromatic carbocycles. The van der Waals surface area contributed by atoms with Crippen LogP contribution in [0.5, 0.6) is 0 Å². The third-order valence-electron chi connectivity index (χ3n) is 3.08. The van der Waals surface area contributed by atoms with E-state index in [4.69, 9.17) is 5.73 Å². The van der Waals surface area contributed by atoms with Gasteiger partial charge in [0.2, 0.25) is 5.91 Å². The summed E-state index contributed by atoms with van der Waals surface area (Å²) in [4.78, 5) is 11.8. The molecule has 0 saturated carbocycles. The van der Waals surface area contributed by atoms with Gasteiger partial charge in [-0.2, -0.15) is 5.10 Å². The van der Waals surface area contributed by atoms with Gasteiger partial charge >= 0.3 is 0 Å². The molecule has 1 heterocycles. The van der Waals surface area contributed by atoms with Gasteiger partial charge in [-0.3, -0.25) is 9.48 Å². The number of aryl methyl sites for hydroxylation is 1. The molecule has 1 amide bonds. The van der Waals surface area contributed by atoms with Crippen molar-refractivity contribution < 1.29 is 4.79 Å². The lowest BCUT2D eigenvalue weighted by molar-refractivity contribution is -0.122. The number of nitrogen functional groups attached to an aromatic ring is 1. The summed E-state index contributed by atoms with van der Waals surface area (Å²) in [6.45, 7) is 2.21. The smallest absolute Gasteiger partial charge is 0.241 e. The molecule has 0 fully saturated rings. The van der Waals surface area contributed by atoms with Gasteiger partial charge in [-0.1, -0.05) is 30.3 Å². The van der Waals surface area contributed by atoms with E-state index < -0.39 is 0 Å². The summed E-state index contributed by atoms with van der Waals surface area (Å²) >= 11 is 0. The Morgan fingerprint density at radius 3 is 2.75 bits per heavy atom. The minimum atomic E-state index is -0.0475. The number of hydrogen-bond donors (Lipinski definition) is 2. The molecule has 0 bridgehead atoms. The molecule has 3 N–H and O–H groups in total. The minimum absolute atomic E-state index is 0.0475. The van der Waals surface area contributed by atoms with Gasteiger partial charge < -0.3 is 11.1 Å². The maximum absolute atomic E-state index is 11.8. The number of nitrogens with one attached hydrogen (secondary N) is 1. The first-order valence-corrected chi connectivity index (χ1v) is 6.75. The van der Waals surface area contributed by atoms with Gasteiger partial charge in [0.1, 0.15) is 12.4 Å². The molecule has 0 saturated heterocycles. The van der Waals surface area contributed by atoms with E-state index in [0.717, 1.165) is 12.8 Å². The normalized spacial score (nSPS) is 12.1. The van der Waals surface area contributed by atoms with Gasteiger partial charge in [-0.05, 0) is 31.4 Å². The van der Waals surface area contributed by atoms with E-state index in [1.807, 2.05) is 25.1 Å². The zero-order valence-electron chi connectivity index (χ0n) is 11.6. The molecule has 20 heavy (non-hydrogen) atoms. The van der Waals surface area contributed by atoms with Crippen molar-refractivity contribution in [3.63, 3.8) is 0 Å². The average molecular weight is 272 g/mol. The Balaban J connectivity index is 1.73. The van der Waals surface area contributed by atoms with Gasteiger partial charge in [-0.25, -0.2) is 0 Å². The number of nitrogens with two attached hydrogens (primary N) is 1. The topological polar surface area (TPSA) is 72.9 Å². The Bertz CT molecular complexity index is 550. The second kappa shape index (κ2) is 6.75. The third kappa shape index (κ3) is 4.42. The lowest BCUT2D eigenvalue weighted by Gasteiger charge is -2.13. The SMILES string of the molecule is CC(CCc1ccccc1)NC(=O)Cn1ccc(N)n1. The summed E-state index contributed by atoms with van der Waals surface area (Å²) in [5.74, 6) is 0.378. The Kier molecular flexibility index (Phi) is 4.76. The number of benzene rings is 1. The van der Waals surface area contributed by atoms with Crippen molar-refractivity contribution >= 4 is 11.7 Å². The molecule has 0 spiro atoms. The van der Waals surface area contributed by atoms with Crippen LogP contribution in [0.4, 0.5) is 5.82 Å². The zero-order valence-corrected chi connectivity index (χ0v) is 11.6. The minimum Gasteiger partial charge on any atom is -0.382 e. The van der Waals surface area contributed by atoms with Crippen molar-refractivity contribution in [2.45, 2.75) is 32.4 Å². The van der Waals surface area contributed by atoms with Crippen LogP contribution in [0.1, 0.15) is 18.9 Å². The first kappa shape index (κ1) is 14.1. The molecule has 5 nitrogen and oxygen atoms in total. The molecule has 5 heteroatoms. The lowest BCUT2D eigenvalue weighted by atomic mass is 10.1. The zero-order chi connectivity index (χ0) is 14.4. The highest BCUT2D eigenvalue weighted by atomic mass is 16.2. The summed E-state index contributed by atoms with van der Waals surface area (Å²) in [5, 5.41) is 6.95. The second-order valence-corrected chi connectivity index (χ2v) is 4.93. The number of carbonyl (C=O) groups excluding carboxylic acids is 1. The molecule has 0 radical (unpaired) electrons. The van der Waals surface area contributed by atoms with E-state index >= 15 is 0 Å². The Hall–Kier alpha value is -2.30. The summed E-state index contributed by atoms with van der Waals surface area (Å²) < 4.78 is 1.54. The number of hydrogen-bond acceptors (Lipinski definition) is 3. The Morgan fingerprint density at radius 2 is 2.10 bits per heavy atom. The fourth-order valence-electron chi connectivity index (χ4n) is 2.03. The maximum Gasteiger partial charge on any atom is 0.241 e. The molecule has 1 atom stereocenters. The first-order valence-electron chi connectivity index (χ1n) is 6.75. The molecule has 2 rings (SSSR count). The van der Waals surface area contributed by atoms with E-state index in [9.17, 15) is 4.79 Å². The molecule has 0 aliphatic heterocycles. The highest BCUT2D eigenvalue weighted by molar-refractivity contribution is 5.75. The quantitative estimate of drug-likeness (QED) is 0.839. The van der Waals surface area contributed by atoms with Crippen LogP contribution in [0.2, 0.25) is 0 Å². The van der Waals surface area contributed by atoms with E-state index in [2.05, 4.69) is 22.5 Å². The number of nitrogens with zero attached hydrogens (tertiary/aromatic N) is 2. The lowest BCUT2D eigenvalue weighted by Crippen LogP contribution is -2.35. The van der Waals surface area contributed by atoms with Crippen LogP contribution in [0.25, 0.3) is 0 Å². The summed E-state index contributed by atoms with van der Waals surface area (Å²) in [6, 6.07) is 12.1. The Morgan fingerprint density at radius 1 is 1.35 bits per heavy atom. The summed E-state index contributed by atoms with van der Waals surface area (Å²) in [5.41, 5.74) is 6.79. The van der Waals surface area contributed by atoms with Gasteiger partial charge in [0, 0.05) is 12.2 Å². The standard InChI is InChI=1S/C15H20N4O/c1-12(7-8-13-5-3-2-4-6-13)17-15(20)11-19-10-9-14(16)18-19/h2-6,9-10,12H,7-8,11H2,1H3,(H2,16,18)(H,17,20). The third-order valence-corrected chi connectivity index (χ3v) is 3.08. The van der Waals surface area contributed by atoms with E-state index in [1.165, 1.54) is 10.2 Å². The van der Waals surface area contributed by atoms with Crippen LogP contribution in [0, 0.1) is 0 Å². The highest BCUT2D eigenvalue weighted by Crippen LogP contribution is 2.05. The predicted molar refractivity (Wildman–Crippen MR) is 79.0 cm³/mol. The van der Waals surface area contributed by atoms with Crippen molar-refractivity contribution in [1.29, 1.82) is 0 Å². The van der Waals surface area contributed by atoms with Crippen molar-refractivity contribution in [2.24, 2.45) is 0 Å². The molecular formula is C15H20N4O. The second-order valence-electron chi connectivity index (χ2n) is 4.93. The van der Waals surface area contributed by atoms with Crippen LogP contribution in [0.15, 0.2) is 42.6 Å². The fraction of sp³-hybridized carbons (Fsp3) is 0.333. The van der Waals surface area contributed by atoms with Crippen LogP contribution in [0.3, 0.4) is 0 Å². The summed E-state index contributed by atoms with van der Waals surface area (Å²) in [6.07, 6.45) is 3.57. The molecule has 1 unspecified atom stereocenters. The fourth-order valence-corrected chi connectivity index (χ4v) is 2.03. The molecule has 2 aromatic rings. The van der Waals surface area contributed by atoms with Gasteiger partial charge in [0.25, 0.3) is 0 Å². The van der Waals surface area contributed by atoms with Crippen molar-refractivity contribution in [1.82, 2.24) is 15.1 Å². The first-order chi connectivity index (χ1) is 9.63. The number of aromatic nitrogens is 2. The van der Waals surface area contributed by atoms with E-state index in [0.29, 0.717) is 5.82 Å². The van der Waals surface area contributed by atoms with E-state index in [-0.39, 0.29) is 18.5 Å². The largest absolute Gasteiger partial charge is 0.382 e. The van der Waals surface area contributed by atoms with Crippen molar-refractivity contribution in [3.05, 3.63) is 48.2 Å². The molecule has 0 aliphatic carbocycles. The number of amides is 1. The molecular weight excluding hydrogens is 252 g/mol. The maximum atomic E-state index is 11.8. The summed E-state index contributed by atoms with van der Waals surface area (Å²) in [7, 11) is 0.